The Hall–Kier alpha value is -1.77. The lowest BCUT2D eigenvalue weighted by Crippen LogP contribution is -2.45. The Morgan fingerprint density at radius 2 is 1.50 bits per heavy atom. The molecule has 0 fully saturated rings. The van der Waals surface area contributed by atoms with Crippen molar-refractivity contribution in [2.24, 2.45) is 0 Å². The number of rotatable bonds is 2. The third kappa shape index (κ3) is 7.49. The molecule has 0 aliphatic heterocycles. The van der Waals surface area contributed by atoms with Gasteiger partial charge in [0, 0.05) is 0 Å². The Morgan fingerprint density at radius 1 is 1.06 bits per heavy atom. The summed E-state index contributed by atoms with van der Waals surface area (Å²) in [6, 6.07) is 0.279. The number of nitrogens with one attached hydrogen (secondary N) is 1. The maximum Gasteiger partial charge on any atom is 0.409 e. The lowest BCUT2D eigenvalue weighted by atomic mass is 10.2. The number of hydrogen-bond donors (Lipinski definition) is 1. The molecule has 0 saturated heterocycles. The van der Waals surface area contributed by atoms with Crippen molar-refractivity contribution in [3.63, 3.8) is 0 Å². The van der Waals surface area contributed by atoms with E-state index in [1.165, 1.54) is 0 Å². The monoisotopic (exact) mass is 256 g/mol. The summed E-state index contributed by atoms with van der Waals surface area (Å²) < 4.78 is 9.93. The molecule has 1 N–H and O–H groups in total. The third-order valence-electron chi connectivity index (χ3n) is 1.43. The van der Waals surface area contributed by atoms with Gasteiger partial charge >= 0.3 is 12.1 Å². The molecule has 102 valence electrons. The van der Waals surface area contributed by atoms with Crippen LogP contribution >= 0.6 is 0 Å². The van der Waals surface area contributed by atoms with Gasteiger partial charge in [-0.15, -0.1) is 0 Å². The van der Waals surface area contributed by atoms with Crippen LogP contribution in [0.5, 0.6) is 0 Å². The molecule has 18 heavy (non-hydrogen) atoms. The summed E-state index contributed by atoms with van der Waals surface area (Å²) in [5.41, 5.74) is -1.42. The number of carbonyl (C=O) groups excluding carboxylic acids is 2. The maximum absolute atomic E-state index is 11.6. The molecule has 0 aliphatic carbocycles. The molecule has 0 aromatic carbocycles. The van der Waals surface area contributed by atoms with Gasteiger partial charge in [0.2, 0.25) is 6.04 Å². The summed E-state index contributed by atoms with van der Waals surface area (Å²) in [7, 11) is 0. The number of nitriles is 1. The van der Waals surface area contributed by atoms with E-state index in [0.717, 1.165) is 0 Å². The summed E-state index contributed by atoms with van der Waals surface area (Å²) in [5.74, 6) is -0.809. The minimum absolute atomic E-state index is 0.696. The van der Waals surface area contributed by atoms with Gasteiger partial charge in [0.05, 0.1) is 6.07 Å². The largest absolute Gasteiger partial charge is 0.458 e. The van der Waals surface area contributed by atoms with E-state index < -0.39 is 29.3 Å². The normalized spacial score (nSPS) is 13.2. The van der Waals surface area contributed by atoms with Crippen LogP contribution in [0, 0.1) is 11.3 Å². The zero-order chi connectivity index (χ0) is 14.6. The zero-order valence-electron chi connectivity index (χ0n) is 11.7. The van der Waals surface area contributed by atoms with Gasteiger partial charge in [0.25, 0.3) is 0 Å². The average molecular weight is 256 g/mol. The first-order valence-corrected chi connectivity index (χ1v) is 5.56. The summed E-state index contributed by atoms with van der Waals surface area (Å²) in [6.45, 7) is 10.1. The van der Waals surface area contributed by atoms with E-state index in [0.29, 0.717) is 0 Å². The number of hydrogen-bond acceptors (Lipinski definition) is 5. The van der Waals surface area contributed by atoms with E-state index in [9.17, 15) is 9.59 Å². The lowest BCUT2D eigenvalue weighted by Gasteiger charge is -2.23. The molecule has 0 spiro atoms. The van der Waals surface area contributed by atoms with Gasteiger partial charge in [-0.2, -0.15) is 5.26 Å². The van der Waals surface area contributed by atoms with Gasteiger partial charge in [-0.1, -0.05) is 0 Å². The van der Waals surface area contributed by atoms with Crippen LogP contribution in [0.4, 0.5) is 4.79 Å². The maximum atomic E-state index is 11.6. The van der Waals surface area contributed by atoms with Crippen molar-refractivity contribution < 1.29 is 19.1 Å². The fourth-order valence-corrected chi connectivity index (χ4v) is 0.930. The van der Waals surface area contributed by atoms with Crippen LogP contribution in [-0.2, 0) is 14.3 Å². The van der Waals surface area contributed by atoms with E-state index in [1.54, 1.807) is 47.6 Å². The van der Waals surface area contributed by atoms with Crippen LogP contribution in [-0.4, -0.2) is 29.3 Å². The van der Waals surface area contributed by atoms with E-state index in [1.807, 2.05) is 0 Å². The molecular formula is C12H20N2O4. The molecule has 0 heterocycles. The third-order valence-corrected chi connectivity index (χ3v) is 1.43. The highest BCUT2D eigenvalue weighted by Gasteiger charge is 2.28. The second kappa shape index (κ2) is 5.71. The van der Waals surface area contributed by atoms with Crippen molar-refractivity contribution in [2.75, 3.05) is 0 Å². The van der Waals surface area contributed by atoms with E-state index in [4.69, 9.17) is 14.7 Å². The number of nitrogens with zero attached hydrogens (tertiary/aromatic N) is 1. The molecule has 0 saturated carbocycles. The summed E-state index contributed by atoms with van der Waals surface area (Å²) in [4.78, 5) is 23.0. The van der Waals surface area contributed by atoms with E-state index in [2.05, 4.69) is 5.32 Å². The van der Waals surface area contributed by atoms with Crippen LogP contribution in [0.1, 0.15) is 41.5 Å². The quantitative estimate of drug-likeness (QED) is 0.760. The van der Waals surface area contributed by atoms with Gasteiger partial charge in [0.1, 0.15) is 11.2 Å². The fourth-order valence-electron chi connectivity index (χ4n) is 0.930. The van der Waals surface area contributed by atoms with Crippen molar-refractivity contribution in [3.05, 3.63) is 0 Å². The number of amides is 1. The highest BCUT2D eigenvalue weighted by Crippen LogP contribution is 2.09. The second-order valence-corrected chi connectivity index (χ2v) is 5.74. The minimum atomic E-state index is -1.38. The first-order chi connectivity index (χ1) is 7.94. The first kappa shape index (κ1) is 16.2. The van der Waals surface area contributed by atoms with Gasteiger partial charge in [-0.25, -0.2) is 9.59 Å². The average Bonchev–Trinajstić information content (AvgIpc) is 2.07. The highest BCUT2D eigenvalue weighted by atomic mass is 16.6. The lowest BCUT2D eigenvalue weighted by molar-refractivity contribution is -0.155. The molecule has 6 heteroatoms. The van der Waals surface area contributed by atoms with Crippen LogP contribution in [0.2, 0.25) is 0 Å². The van der Waals surface area contributed by atoms with E-state index >= 15 is 0 Å². The first-order valence-electron chi connectivity index (χ1n) is 5.56. The predicted octanol–water partition coefficient (Wildman–Crippen LogP) is 1.74. The Morgan fingerprint density at radius 3 is 1.83 bits per heavy atom. The number of ether oxygens (including phenoxy) is 2. The molecule has 0 aromatic heterocycles. The summed E-state index contributed by atoms with van der Waals surface area (Å²) >= 11 is 0. The SMILES string of the molecule is CC(C)(C)OC(=O)N[C@H](C#N)C(=O)OC(C)(C)C. The standard InChI is InChI=1S/C12H20N2O4/c1-11(2,3)17-9(15)8(7-13)14-10(16)18-12(4,5)6/h8H,1-6H3,(H,14,16)/t8-/m1/s1. The molecule has 0 unspecified atom stereocenters. The van der Waals surface area contributed by atoms with Gasteiger partial charge in [-0.3, -0.25) is 5.32 Å². The zero-order valence-corrected chi connectivity index (χ0v) is 11.7. The molecule has 6 nitrogen and oxygen atoms in total. The minimum Gasteiger partial charge on any atom is -0.458 e. The van der Waals surface area contributed by atoms with Gasteiger partial charge < -0.3 is 9.47 Å². The second-order valence-electron chi connectivity index (χ2n) is 5.74. The molecular weight excluding hydrogens is 236 g/mol. The topological polar surface area (TPSA) is 88.4 Å². The highest BCUT2D eigenvalue weighted by molar-refractivity contribution is 5.84. The Labute approximate surface area is 107 Å². The van der Waals surface area contributed by atoms with Crippen molar-refractivity contribution in [2.45, 2.75) is 58.8 Å². The molecule has 0 aromatic rings. The molecule has 1 amide bonds. The number of alkyl carbamates (subject to hydrolysis) is 1. The predicted molar refractivity (Wildman–Crippen MR) is 64.6 cm³/mol. The van der Waals surface area contributed by atoms with Gasteiger partial charge in [-0.05, 0) is 41.5 Å². The summed E-state index contributed by atoms with van der Waals surface area (Å²) in [5, 5.41) is 11.0. The molecule has 0 radical (unpaired) electrons. The van der Waals surface area contributed by atoms with Crippen molar-refractivity contribution in [3.8, 4) is 6.07 Å². The van der Waals surface area contributed by atoms with Crippen molar-refractivity contribution in [1.82, 2.24) is 5.32 Å². The van der Waals surface area contributed by atoms with Crippen LogP contribution in [0.15, 0.2) is 0 Å². The molecule has 1 atom stereocenters. The smallest absolute Gasteiger partial charge is 0.409 e. The van der Waals surface area contributed by atoms with Gasteiger partial charge in [0.15, 0.2) is 0 Å². The van der Waals surface area contributed by atoms with Crippen LogP contribution in [0.25, 0.3) is 0 Å². The van der Waals surface area contributed by atoms with Crippen molar-refractivity contribution >= 4 is 12.1 Å². The molecule has 0 rings (SSSR count). The van der Waals surface area contributed by atoms with Crippen LogP contribution in [0.3, 0.4) is 0 Å². The Kier molecular flexibility index (Phi) is 5.15. The molecule has 0 aliphatic rings. The number of esters is 1. The number of carbonyl (C=O) groups is 2. The van der Waals surface area contributed by atoms with Crippen LogP contribution < -0.4 is 5.32 Å². The Bertz CT molecular complexity index is 358. The molecule has 0 bridgehead atoms. The Balaban J connectivity index is 4.50. The van der Waals surface area contributed by atoms with Crippen molar-refractivity contribution in [1.29, 1.82) is 5.26 Å². The fraction of sp³-hybridized carbons (Fsp3) is 0.750. The van der Waals surface area contributed by atoms with E-state index in [-0.39, 0.29) is 0 Å². The summed E-state index contributed by atoms with van der Waals surface area (Å²) in [6.07, 6.45) is -0.833.